The van der Waals surface area contributed by atoms with Gasteiger partial charge in [0.15, 0.2) is 5.96 Å². The monoisotopic (exact) mass is 235 g/mol. The molecule has 0 unspecified atom stereocenters. The molecule has 0 amide bonds. The Morgan fingerprint density at radius 3 is 2.18 bits per heavy atom. The van der Waals surface area contributed by atoms with Crippen molar-refractivity contribution >= 4 is 11.6 Å². The molecular formula is C13H21N3O. The van der Waals surface area contributed by atoms with Crippen molar-refractivity contribution in [3.63, 3.8) is 0 Å². The highest BCUT2D eigenvalue weighted by Crippen LogP contribution is 2.18. The summed E-state index contributed by atoms with van der Waals surface area (Å²) in [7, 11) is 3.54. The third-order valence-electron chi connectivity index (χ3n) is 2.25. The molecule has 94 valence electrons. The molecule has 1 rings (SSSR count). The zero-order chi connectivity index (χ0) is 13.1. The van der Waals surface area contributed by atoms with E-state index in [4.69, 9.17) is 10.5 Å². The first-order chi connectivity index (χ1) is 7.83. The SMILES string of the molecule is COc1ccc(N(C)C(N)=NC(C)(C)C)cc1. The topological polar surface area (TPSA) is 50.9 Å². The average Bonchev–Trinajstić information content (AvgIpc) is 2.26. The first-order valence-electron chi connectivity index (χ1n) is 5.56. The van der Waals surface area contributed by atoms with Gasteiger partial charge in [-0.25, -0.2) is 4.99 Å². The van der Waals surface area contributed by atoms with Gasteiger partial charge in [0.05, 0.1) is 12.6 Å². The summed E-state index contributed by atoms with van der Waals surface area (Å²) in [4.78, 5) is 6.27. The number of benzene rings is 1. The fourth-order valence-corrected chi connectivity index (χ4v) is 1.36. The maximum atomic E-state index is 5.95. The lowest BCUT2D eigenvalue weighted by Crippen LogP contribution is -2.36. The van der Waals surface area contributed by atoms with E-state index in [9.17, 15) is 0 Å². The van der Waals surface area contributed by atoms with Crippen molar-refractivity contribution in [1.82, 2.24) is 0 Å². The Morgan fingerprint density at radius 2 is 1.76 bits per heavy atom. The Labute approximate surface area is 103 Å². The van der Waals surface area contributed by atoms with Gasteiger partial charge >= 0.3 is 0 Å². The third kappa shape index (κ3) is 3.98. The molecule has 0 bridgehead atoms. The zero-order valence-electron chi connectivity index (χ0n) is 11.2. The normalized spacial score (nSPS) is 12.4. The smallest absolute Gasteiger partial charge is 0.196 e. The summed E-state index contributed by atoms with van der Waals surface area (Å²) in [6.07, 6.45) is 0. The van der Waals surface area contributed by atoms with Crippen LogP contribution in [0.3, 0.4) is 0 Å². The summed E-state index contributed by atoms with van der Waals surface area (Å²) < 4.78 is 5.11. The third-order valence-corrected chi connectivity index (χ3v) is 2.25. The van der Waals surface area contributed by atoms with Crippen molar-refractivity contribution in [2.24, 2.45) is 10.7 Å². The van der Waals surface area contributed by atoms with Gasteiger partial charge in [0.25, 0.3) is 0 Å². The number of guanidine groups is 1. The molecule has 1 aromatic carbocycles. The number of aliphatic imine (C=N–C) groups is 1. The maximum Gasteiger partial charge on any atom is 0.196 e. The molecule has 2 N–H and O–H groups in total. The standard InChI is InChI=1S/C13H21N3O/c1-13(2,3)15-12(14)16(4)10-6-8-11(17-5)9-7-10/h6-9H,1-5H3,(H2,14,15). The minimum absolute atomic E-state index is 0.176. The Balaban J connectivity index is 2.88. The largest absolute Gasteiger partial charge is 0.497 e. The van der Waals surface area contributed by atoms with Gasteiger partial charge in [-0.15, -0.1) is 0 Å². The van der Waals surface area contributed by atoms with E-state index < -0.39 is 0 Å². The highest BCUT2D eigenvalue weighted by molar-refractivity contribution is 5.94. The van der Waals surface area contributed by atoms with E-state index in [0.717, 1.165) is 11.4 Å². The average molecular weight is 235 g/mol. The summed E-state index contributed by atoms with van der Waals surface area (Å²) in [6.45, 7) is 6.05. The fourth-order valence-electron chi connectivity index (χ4n) is 1.36. The Hall–Kier alpha value is -1.71. The van der Waals surface area contributed by atoms with E-state index in [1.54, 1.807) is 7.11 Å². The van der Waals surface area contributed by atoms with Crippen molar-refractivity contribution in [1.29, 1.82) is 0 Å². The number of nitrogens with two attached hydrogens (primary N) is 1. The summed E-state index contributed by atoms with van der Waals surface area (Å²) in [6, 6.07) is 7.69. The van der Waals surface area contributed by atoms with Crippen LogP contribution >= 0.6 is 0 Å². The molecule has 0 radical (unpaired) electrons. The van der Waals surface area contributed by atoms with Crippen molar-refractivity contribution in [3.8, 4) is 5.75 Å². The van der Waals surface area contributed by atoms with E-state index in [1.165, 1.54) is 0 Å². The van der Waals surface area contributed by atoms with E-state index >= 15 is 0 Å². The molecule has 0 aliphatic carbocycles. The van der Waals surface area contributed by atoms with Crippen LogP contribution in [0.1, 0.15) is 20.8 Å². The van der Waals surface area contributed by atoms with Crippen LogP contribution in [0.4, 0.5) is 5.69 Å². The fraction of sp³-hybridized carbons (Fsp3) is 0.462. The van der Waals surface area contributed by atoms with E-state index in [1.807, 2.05) is 57.0 Å². The van der Waals surface area contributed by atoms with Crippen molar-refractivity contribution < 1.29 is 4.74 Å². The lowest BCUT2D eigenvalue weighted by Gasteiger charge is -2.22. The number of methoxy groups -OCH3 is 1. The molecule has 0 fully saturated rings. The lowest BCUT2D eigenvalue weighted by atomic mass is 10.1. The van der Waals surface area contributed by atoms with Crippen LogP contribution in [0, 0.1) is 0 Å². The number of hydrogen-bond donors (Lipinski definition) is 1. The number of hydrogen-bond acceptors (Lipinski definition) is 2. The molecule has 4 heteroatoms. The van der Waals surface area contributed by atoms with Gasteiger partial charge in [-0.05, 0) is 45.0 Å². The molecule has 4 nitrogen and oxygen atoms in total. The van der Waals surface area contributed by atoms with Gasteiger partial charge in [-0.3, -0.25) is 0 Å². The second-order valence-corrected chi connectivity index (χ2v) is 4.90. The molecule has 0 saturated heterocycles. The van der Waals surface area contributed by atoms with Crippen LogP contribution in [-0.2, 0) is 0 Å². The maximum absolute atomic E-state index is 5.95. The summed E-state index contributed by atoms with van der Waals surface area (Å²) in [5.41, 5.74) is 6.76. The van der Waals surface area contributed by atoms with Gasteiger partial charge in [0.2, 0.25) is 0 Å². The predicted octanol–water partition coefficient (Wildman–Crippen LogP) is 2.24. The van der Waals surface area contributed by atoms with Crippen molar-refractivity contribution in [2.75, 3.05) is 19.1 Å². The minimum Gasteiger partial charge on any atom is -0.497 e. The van der Waals surface area contributed by atoms with Crippen LogP contribution in [0.2, 0.25) is 0 Å². The Morgan fingerprint density at radius 1 is 1.24 bits per heavy atom. The number of rotatable bonds is 2. The first kappa shape index (κ1) is 13.4. The molecule has 0 saturated carbocycles. The minimum atomic E-state index is -0.176. The second kappa shape index (κ2) is 5.08. The summed E-state index contributed by atoms with van der Waals surface area (Å²) >= 11 is 0. The second-order valence-electron chi connectivity index (χ2n) is 4.90. The highest BCUT2D eigenvalue weighted by atomic mass is 16.5. The first-order valence-corrected chi connectivity index (χ1v) is 5.56. The number of ether oxygens (including phenoxy) is 1. The van der Waals surface area contributed by atoms with Gasteiger partial charge in [0, 0.05) is 12.7 Å². The molecule has 0 heterocycles. The van der Waals surface area contributed by atoms with Crippen LogP contribution in [-0.4, -0.2) is 25.7 Å². The quantitative estimate of drug-likeness (QED) is 0.632. The lowest BCUT2D eigenvalue weighted by molar-refractivity contribution is 0.415. The van der Waals surface area contributed by atoms with Crippen molar-refractivity contribution in [3.05, 3.63) is 24.3 Å². The van der Waals surface area contributed by atoms with Gasteiger partial charge in [-0.1, -0.05) is 0 Å². The molecule has 0 aromatic heterocycles. The van der Waals surface area contributed by atoms with Crippen LogP contribution in [0.25, 0.3) is 0 Å². The van der Waals surface area contributed by atoms with Gasteiger partial charge in [-0.2, -0.15) is 0 Å². The van der Waals surface area contributed by atoms with Crippen LogP contribution in [0.15, 0.2) is 29.3 Å². The van der Waals surface area contributed by atoms with Crippen molar-refractivity contribution in [2.45, 2.75) is 26.3 Å². The molecule has 0 aliphatic rings. The molecule has 0 atom stereocenters. The molecule has 0 spiro atoms. The van der Waals surface area contributed by atoms with Gasteiger partial charge < -0.3 is 15.4 Å². The Kier molecular flexibility index (Phi) is 3.99. The van der Waals surface area contributed by atoms with Crippen LogP contribution < -0.4 is 15.4 Å². The summed E-state index contributed by atoms with van der Waals surface area (Å²) in [5.74, 6) is 1.33. The van der Waals surface area contributed by atoms with E-state index in [0.29, 0.717) is 5.96 Å². The predicted molar refractivity (Wildman–Crippen MR) is 72.8 cm³/mol. The summed E-state index contributed by atoms with van der Waals surface area (Å²) in [5, 5.41) is 0. The Bertz CT molecular complexity index is 390. The molecular weight excluding hydrogens is 214 g/mol. The number of nitrogens with zero attached hydrogens (tertiary/aromatic N) is 2. The van der Waals surface area contributed by atoms with Crippen LogP contribution in [0.5, 0.6) is 5.75 Å². The molecule has 17 heavy (non-hydrogen) atoms. The highest BCUT2D eigenvalue weighted by Gasteiger charge is 2.11. The number of anilines is 1. The molecule has 0 aliphatic heterocycles. The molecule has 1 aromatic rings. The zero-order valence-corrected chi connectivity index (χ0v) is 11.2. The van der Waals surface area contributed by atoms with E-state index in [-0.39, 0.29) is 5.54 Å². The van der Waals surface area contributed by atoms with Gasteiger partial charge in [0.1, 0.15) is 5.75 Å². The van der Waals surface area contributed by atoms with E-state index in [2.05, 4.69) is 4.99 Å².